The van der Waals surface area contributed by atoms with E-state index in [0.29, 0.717) is 30.4 Å². The van der Waals surface area contributed by atoms with Gasteiger partial charge in [-0.25, -0.2) is 4.39 Å². The van der Waals surface area contributed by atoms with Crippen LogP contribution in [0, 0.1) is 5.82 Å². The maximum atomic E-state index is 13.5. The van der Waals surface area contributed by atoms with Crippen LogP contribution in [-0.4, -0.2) is 55.5 Å². The number of ether oxygens (including phenoxy) is 1. The second kappa shape index (κ2) is 9.87. The van der Waals surface area contributed by atoms with Gasteiger partial charge in [0, 0.05) is 49.9 Å². The molecule has 0 spiro atoms. The summed E-state index contributed by atoms with van der Waals surface area (Å²) in [5.74, 6) is 0.440. The first-order valence-corrected chi connectivity index (χ1v) is 9.69. The van der Waals surface area contributed by atoms with Crippen molar-refractivity contribution in [3.05, 3.63) is 64.4 Å². The molecule has 5 nitrogen and oxygen atoms in total. The van der Waals surface area contributed by atoms with Gasteiger partial charge in [0.15, 0.2) is 0 Å². The molecule has 1 aliphatic heterocycles. The summed E-state index contributed by atoms with van der Waals surface area (Å²) in [6.45, 7) is 4.71. The Balaban J connectivity index is 1.42. The molecule has 1 N–H and O–H groups in total. The van der Waals surface area contributed by atoms with Crippen molar-refractivity contribution >= 4 is 17.5 Å². The Morgan fingerprint density at radius 1 is 1.14 bits per heavy atom. The highest BCUT2D eigenvalue weighted by Crippen LogP contribution is 2.21. The average molecular weight is 406 g/mol. The van der Waals surface area contributed by atoms with E-state index in [1.165, 1.54) is 12.1 Å². The van der Waals surface area contributed by atoms with Gasteiger partial charge in [0.1, 0.15) is 11.6 Å². The Bertz CT molecular complexity index is 810. The maximum absolute atomic E-state index is 13.5. The van der Waals surface area contributed by atoms with Crippen LogP contribution in [0.1, 0.15) is 11.1 Å². The fourth-order valence-corrected chi connectivity index (χ4v) is 3.54. The fourth-order valence-electron chi connectivity index (χ4n) is 3.32. The van der Waals surface area contributed by atoms with Gasteiger partial charge in [-0.15, -0.1) is 0 Å². The molecular formula is C21H25ClFN3O2. The summed E-state index contributed by atoms with van der Waals surface area (Å²) < 4.78 is 18.8. The molecule has 0 unspecified atom stereocenters. The highest BCUT2D eigenvalue weighted by Gasteiger charge is 2.20. The Labute approximate surface area is 170 Å². The van der Waals surface area contributed by atoms with Crippen LogP contribution in [0.25, 0.3) is 0 Å². The van der Waals surface area contributed by atoms with Gasteiger partial charge in [0.25, 0.3) is 0 Å². The van der Waals surface area contributed by atoms with Crippen LogP contribution in [-0.2, 0) is 17.9 Å². The van der Waals surface area contributed by atoms with Gasteiger partial charge in [-0.05, 0) is 35.9 Å². The molecule has 0 atom stereocenters. The van der Waals surface area contributed by atoms with Gasteiger partial charge < -0.3 is 10.1 Å². The van der Waals surface area contributed by atoms with Gasteiger partial charge in [-0.3, -0.25) is 14.6 Å². The lowest BCUT2D eigenvalue weighted by Crippen LogP contribution is -2.49. The second-order valence-electron chi connectivity index (χ2n) is 6.92. The molecule has 1 heterocycles. The number of amides is 1. The third-order valence-corrected chi connectivity index (χ3v) is 5.08. The van der Waals surface area contributed by atoms with Gasteiger partial charge in [0.05, 0.1) is 13.7 Å². The molecule has 3 rings (SSSR count). The summed E-state index contributed by atoms with van der Waals surface area (Å²) in [7, 11) is 1.59. The van der Waals surface area contributed by atoms with Gasteiger partial charge in [-0.2, -0.15) is 0 Å². The molecule has 0 aliphatic carbocycles. The molecule has 2 aromatic rings. The van der Waals surface area contributed by atoms with E-state index < -0.39 is 0 Å². The standard InChI is InChI=1S/C21H25ClFN3O2/c1-28-20-6-5-19(23)12-17(20)14-25-7-9-26(10-8-25)15-21(27)24-13-16-3-2-4-18(22)11-16/h2-6,11-12H,7-10,13-15H2,1H3,(H,24,27). The van der Waals surface area contributed by atoms with Crippen molar-refractivity contribution in [1.82, 2.24) is 15.1 Å². The van der Waals surface area contributed by atoms with E-state index in [0.717, 1.165) is 37.3 Å². The van der Waals surface area contributed by atoms with Crippen LogP contribution in [0.15, 0.2) is 42.5 Å². The lowest BCUT2D eigenvalue weighted by Gasteiger charge is -2.34. The third kappa shape index (κ3) is 5.92. The molecule has 7 heteroatoms. The fraction of sp³-hybridized carbons (Fsp3) is 0.381. The molecule has 28 heavy (non-hydrogen) atoms. The van der Waals surface area contributed by atoms with E-state index in [1.54, 1.807) is 13.2 Å². The maximum Gasteiger partial charge on any atom is 0.234 e. The number of rotatable bonds is 7. The predicted octanol–water partition coefficient (Wildman–Crippen LogP) is 2.92. The van der Waals surface area contributed by atoms with Crippen LogP contribution in [0.4, 0.5) is 4.39 Å². The Hall–Kier alpha value is -2.15. The number of halogens is 2. The zero-order valence-corrected chi connectivity index (χ0v) is 16.7. The van der Waals surface area contributed by atoms with Crippen molar-refractivity contribution in [3.63, 3.8) is 0 Å². The van der Waals surface area contributed by atoms with Crippen molar-refractivity contribution in [2.24, 2.45) is 0 Å². The molecule has 0 radical (unpaired) electrons. The third-order valence-electron chi connectivity index (χ3n) is 4.85. The van der Waals surface area contributed by atoms with Gasteiger partial charge in [0.2, 0.25) is 5.91 Å². The molecular weight excluding hydrogens is 381 g/mol. The molecule has 1 saturated heterocycles. The van der Waals surface area contributed by atoms with E-state index in [9.17, 15) is 9.18 Å². The molecule has 0 aromatic heterocycles. The summed E-state index contributed by atoms with van der Waals surface area (Å²) in [6.07, 6.45) is 0. The van der Waals surface area contributed by atoms with E-state index in [-0.39, 0.29) is 11.7 Å². The van der Waals surface area contributed by atoms with Crippen LogP contribution in [0.2, 0.25) is 5.02 Å². The van der Waals surface area contributed by atoms with Crippen LogP contribution >= 0.6 is 11.6 Å². The number of hydrogen-bond donors (Lipinski definition) is 1. The van der Waals surface area contributed by atoms with Crippen molar-refractivity contribution in [2.45, 2.75) is 13.1 Å². The highest BCUT2D eigenvalue weighted by molar-refractivity contribution is 6.30. The first-order valence-electron chi connectivity index (χ1n) is 9.32. The number of nitrogens with zero attached hydrogens (tertiary/aromatic N) is 2. The molecule has 0 bridgehead atoms. The monoisotopic (exact) mass is 405 g/mol. The normalized spacial score (nSPS) is 15.4. The molecule has 1 fully saturated rings. The zero-order chi connectivity index (χ0) is 19.9. The first kappa shape index (κ1) is 20.6. The van der Waals surface area contributed by atoms with E-state index in [2.05, 4.69) is 15.1 Å². The molecule has 1 aliphatic rings. The number of piperazine rings is 1. The van der Waals surface area contributed by atoms with Crippen LogP contribution in [0.3, 0.4) is 0 Å². The minimum absolute atomic E-state index is 0.000209. The predicted molar refractivity (Wildman–Crippen MR) is 108 cm³/mol. The van der Waals surface area contributed by atoms with Crippen LogP contribution < -0.4 is 10.1 Å². The lowest BCUT2D eigenvalue weighted by molar-refractivity contribution is -0.122. The Kier molecular flexibility index (Phi) is 7.25. The number of methoxy groups -OCH3 is 1. The summed E-state index contributed by atoms with van der Waals surface area (Å²) in [6, 6.07) is 12.1. The van der Waals surface area contributed by atoms with Gasteiger partial charge in [-0.1, -0.05) is 23.7 Å². The quantitative estimate of drug-likeness (QED) is 0.769. The number of benzene rings is 2. The second-order valence-corrected chi connectivity index (χ2v) is 7.35. The largest absolute Gasteiger partial charge is 0.496 e. The molecule has 2 aromatic carbocycles. The van der Waals surface area contributed by atoms with E-state index in [1.807, 2.05) is 24.3 Å². The average Bonchev–Trinajstić information content (AvgIpc) is 2.68. The summed E-state index contributed by atoms with van der Waals surface area (Å²) >= 11 is 5.96. The van der Waals surface area contributed by atoms with Gasteiger partial charge >= 0.3 is 0 Å². The van der Waals surface area contributed by atoms with E-state index in [4.69, 9.17) is 16.3 Å². The number of carbonyl (C=O) groups is 1. The summed E-state index contributed by atoms with van der Waals surface area (Å²) in [5.41, 5.74) is 1.82. The smallest absolute Gasteiger partial charge is 0.234 e. The number of nitrogens with one attached hydrogen (secondary N) is 1. The Morgan fingerprint density at radius 3 is 2.61 bits per heavy atom. The first-order chi connectivity index (χ1) is 13.5. The highest BCUT2D eigenvalue weighted by atomic mass is 35.5. The number of hydrogen-bond acceptors (Lipinski definition) is 4. The van der Waals surface area contributed by atoms with Crippen LogP contribution in [0.5, 0.6) is 5.75 Å². The number of carbonyl (C=O) groups excluding carboxylic acids is 1. The molecule has 1 amide bonds. The van der Waals surface area contributed by atoms with E-state index >= 15 is 0 Å². The summed E-state index contributed by atoms with van der Waals surface area (Å²) in [5, 5.41) is 3.60. The molecule has 150 valence electrons. The van der Waals surface area contributed by atoms with Crippen molar-refractivity contribution < 1.29 is 13.9 Å². The SMILES string of the molecule is COc1ccc(F)cc1CN1CCN(CC(=O)NCc2cccc(Cl)c2)CC1. The minimum Gasteiger partial charge on any atom is -0.496 e. The lowest BCUT2D eigenvalue weighted by atomic mass is 10.1. The van der Waals surface area contributed by atoms with Crippen molar-refractivity contribution in [3.8, 4) is 5.75 Å². The molecule has 0 saturated carbocycles. The summed E-state index contributed by atoms with van der Waals surface area (Å²) in [4.78, 5) is 16.6. The van der Waals surface area contributed by atoms with Crippen molar-refractivity contribution in [1.29, 1.82) is 0 Å². The Morgan fingerprint density at radius 2 is 1.89 bits per heavy atom. The minimum atomic E-state index is -0.259. The van der Waals surface area contributed by atoms with Crippen molar-refractivity contribution in [2.75, 3.05) is 39.8 Å². The topological polar surface area (TPSA) is 44.8 Å². The zero-order valence-electron chi connectivity index (χ0n) is 16.0.